The lowest BCUT2D eigenvalue weighted by Gasteiger charge is -2.29. The Bertz CT molecular complexity index is 650. The Hall–Kier alpha value is -1.87. The highest BCUT2D eigenvalue weighted by Crippen LogP contribution is 2.28. The van der Waals surface area contributed by atoms with E-state index in [1.165, 1.54) is 11.1 Å². The van der Waals surface area contributed by atoms with Crippen molar-refractivity contribution in [2.75, 3.05) is 5.32 Å². The zero-order valence-corrected chi connectivity index (χ0v) is 15.2. The fourth-order valence-electron chi connectivity index (χ4n) is 2.94. The van der Waals surface area contributed by atoms with Crippen molar-refractivity contribution < 1.29 is 0 Å². The summed E-state index contributed by atoms with van der Waals surface area (Å²) in [5.41, 5.74) is 3.70. The van der Waals surface area contributed by atoms with E-state index >= 15 is 0 Å². The van der Waals surface area contributed by atoms with Gasteiger partial charge in [-0.2, -0.15) is 0 Å². The van der Waals surface area contributed by atoms with E-state index < -0.39 is 0 Å². The van der Waals surface area contributed by atoms with Crippen LogP contribution < -0.4 is 10.6 Å². The highest BCUT2D eigenvalue weighted by Gasteiger charge is 2.23. The summed E-state index contributed by atoms with van der Waals surface area (Å²) in [5.74, 6) is 0. The average molecular weight is 327 g/mol. The Balaban J connectivity index is 1.91. The Morgan fingerprint density at radius 1 is 1.09 bits per heavy atom. The van der Waals surface area contributed by atoms with E-state index in [0.29, 0.717) is 5.11 Å². The van der Waals surface area contributed by atoms with Crippen LogP contribution in [0.5, 0.6) is 0 Å². The molecule has 0 bridgehead atoms. The monoisotopic (exact) mass is 326 g/mol. The second-order valence-electron chi connectivity index (χ2n) is 6.82. The summed E-state index contributed by atoms with van der Waals surface area (Å²) in [6, 6.07) is 19.1. The molecule has 0 heterocycles. The van der Waals surface area contributed by atoms with Gasteiger partial charge in [-0.15, -0.1) is 0 Å². The molecule has 2 aromatic carbocycles. The van der Waals surface area contributed by atoms with Gasteiger partial charge in [-0.3, -0.25) is 0 Å². The molecule has 0 aliphatic heterocycles. The minimum absolute atomic E-state index is 0.104. The zero-order chi connectivity index (χ0) is 16.9. The molecule has 1 unspecified atom stereocenters. The molecule has 0 fully saturated rings. The second-order valence-corrected chi connectivity index (χ2v) is 7.23. The Morgan fingerprint density at radius 2 is 1.78 bits per heavy atom. The number of hydrogen-bond donors (Lipinski definition) is 2. The summed E-state index contributed by atoms with van der Waals surface area (Å²) in [4.78, 5) is 0. The molecule has 0 spiro atoms. The molecule has 122 valence electrons. The number of nitrogens with one attached hydrogen (secondary N) is 2. The van der Waals surface area contributed by atoms with Gasteiger partial charge in [-0.05, 0) is 61.2 Å². The van der Waals surface area contributed by atoms with Crippen LogP contribution in [0, 0.1) is 6.92 Å². The molecular formula is C20H26N2S. The van der Waals surface area contributed by atoms with Gasteiger partial charge in [0, 0.05) is 11.7 Å². The largest absolute Gasteiger partial charge is 0.360 e. The van der Waals surface area contributed by atoms with Crippen LogP contribution >= 0.6 is 12.2 Å². The van der Waals surface area contributed by atoms with Crippen molar-refractivity contribution in [2.24, 2.45) is 0 Å². The molecule has 0 aliphatic rings. The van der Waals surface area contributed by atoms with Gasteiger partial charge in [0.2, 0.25) is 0 Å². The van der Waals surface area contributed by atoms with E-state index in [9.17, 15) is 0 Å². The predicted octanol–water partition coefficient (Wildman–Crippen LogP) is 5.04. The maximum absolute atomic E-state index is 5.44. The van der Waals surface area contributed by atoms with Crippen molar-refractivity contribution in [1.82, 2.24) is 5.32 Å². The van der Waals surface area contributed by atoms with E-state index in [2.05, 4.69) is 80.8 Å². The fraction of sp³-hybridized carbons (Fsp3) is 0.350. The van der Waals surface area contributed by atoms with Crippen molar-refractivity contribution in [3.8, 4) is 0 Å². The third-order valence-corrected chi connectivity index (χ3v) is 4.25. The first-order chi connectivity index (χ1) is 10.9. The van der Waals surface area contributed by atoms with Crippen LogP contribution in [-0.2, 0) is 5.41 Å². The molecule has 1 atom stereocenters. The SMILES string of the molecule is Cc1cccc(NC(=S)NC(C)CC(C)(C)c2ccccc2)c1. The molecule has 0 aromatic heterocycles. The normalized spacial score (nSPS) is 12.5. The molecule has 2 nitrogen and oxygen atoms in total. The minimum Gasteiger partial charge on any atom is -0.360 e. The van der Waals surface area contributed by atoms with Gasteiger partial charge in [0.25, 0.3) is 0 Å². The van der Waals surface area contributed by atoms with Crippen LogP contribution in [0.25, 0.3) is 0 Å². The molecule has 23 heavy (non-hydrogen) atoms. The summed E-state index contributed by atoms with van der Waals surface area (Å²) in [6.45, 7) is 8.80. The van der Waals surface area contributed by atoms with Crippen LogP contribution in [0.3, 0.4) is 0 Å². The number of rotatable bonds is 5. The van der Waals surface area contributed by atoms with Gasteiger partial charge in [-0.1, -0.05) is 56.3 Å². The lowest BCUT2D eigenvalue weighted by atomic mass is 9.79. The Morgan fingerprint density at radius 3 is 2.43 bits per heavy atom. The lowest BCUT2D eigenvalue weighted by molar-refractivity contribution is 0.420. The van der Waals surface area contributed by atoms with Crippen molar-refractivity contribution in [3.63, 3.8) is 0 Å². The molecular weight excluding hydrogens is 300 g/mol. The molecule has 0 saturated carbocycles. The predicted molar refractivity (Wildman–Crippen MR) is 104 cm³/mol. The van der Waals surface area contributed by atoms with Crippen LogP contribution in [0.2, 0.25) is 0 Å². The quantitative estimate of drug-likeness (QED) is 0.753. The number of benzene rings is 2. The third kappa shape index (κ3) is 5.36. The van der Waals surface area contributed by atoms with Crippen molar-refractivity contribution in [3.05, 3.63) is 65.7 Å². The lowest BCUT2D eigenvalue weighted by Crippen LogP contribution is -2.39. The van der Waals surface area contributed by atoms with Gasteiger partial charge in [0.05, 0.1) is 0 Å². The van der Waals surface area contributed by atoms with Gasteiger partial charge in [0.1, 0.15) is 0 Å². The summed E-state index contributed by atoms with van der Waals surface area (Å²) in [7, 11) is 0. The number of aryl methyl sites for hydroxylation is 1. The van der Waals surface area contributed by atoms with Crippen molar-refractivity contribution in [1.29, 1.82) is 0 Å². The first-order valence-electron chi connectivity index (χ1n) is 8.06. The van der Waals surface area contributed by atoms with Gasteiger partial charge in [-0.25, -0.2) is 0 Å². The number of anilines is 1. The number of thiocarbonyl (C=S) groups is 1. The van der Waals surface area contributed by atoms with E-state index in [0.717, 1.165) is 12.1 Å². The summed E-state index contributed by atoms with van der Waals surface area (Å²) in [5, 5.41) is 7.33. The van der Waals surface area contributed by atoms with Crippen LogP contribution in [0.15, 0.2) is 54.6 Å². The summed E-state index contributed by atoms with van der Waals surface area (Å²) >= 11 is 5.44. The fourth-order valence-corrected chi connectivity index (χ4v) is 3.26. The second kappa shape index (κ2) is 7.60. The molecule has 0 saturated heterocycles. The minimum atomic E-state index is 0.104. The van der Waals surface area contributed by atoms with Gasteiger partial charge in [0.15, 0.2) is 5.11 Å². The average Bonchev–Trinajstić information content (AvgIpc) is 2.47. The molecule has 2 rings (SSSR count). The highest BCUT2D eigenvalue weighted by molar-refractivity contribution is 7.80. The van der Waals surface area contributed by atoms with E-state index in [1.807, 2.05) is 12.1 Å². The van der Waals surface area contributed by atoms with E-state index in [-0.39, 0.29) is 11.5 Å². The standard InChI is InChI=1S/C20H26N2S/c1-15-9-8-12-18(13-15)22-19(23)21-16(2)14-20(3,4)17-10-6-5-7-11-17/h5-13,16H,14H2,1-4H3,(H2,21,22,23). The van der Waals surface area contributed by atoms with Gasteiger partial charge >= 0.3 is 0 Å². The van der Waals surface area contributed by atoms with E-state index in [4.69, 9.17) is 12.2 Å². The van der Waals surface area contributed by atoms with Crippen LogP contribution in [0.1, 0.15) is 38.3 Å². The van der Waals surface area contributed by atoms with Crippen molar-refractivity contribution >= 4 is 23.0 Å². The van der Waals surface area contributed by atoms with Crippen LogP contribution in [0.4, 0.5) is 5.69 Å². The maximum atomic E-state index is 5.44. The summed E-state index contributed by atoms with van der Waals surface area (Å²) < 4.78 is 0. The molecule has 0 aliphatic carbocycles. The first-order valence-corrected chi connectivity index (χ1v) is 8.47. The van der Waals surface area contributed by atoms with Crippen molar-refractivity contribution in [2.45, 2.75) is 45.6 Å². The molecule has 3 heteroatoms. The maximum Gasteiger partial charge on any atom is 0.170 e. The molecule has 0 radical (unpaired) electrons. The smallest absolute Gasteiger partial charge is 0.170 e. The first kappa shape index (κ1) is 17.5. The van der Waals surface area contributed by atoms with Gasteiger partial charge < -0.3 is 10.6 Å². The Labute approximate surface area is 145 Å². The zero-order valence-electron chi connectivity index (χ0n) is 14.4. The highest BCUT2D eigenvalue weighted by atomic mass is 32.1. The molecule has 0 amide bonds. The topological polar surface area (TPSA) is 24.1 Å². The Kier molecular flexibility index (Phi) is 5.78. The summed E-state index contributed by atoms with van der Waals surface area (Å²) in [6.07, 6.45) is 1.01. The molecule has 2 aromatic rings. The number of hydrogen-bond acceptors (Lipinski definition) is 1. The van der Waals surface area contributed by atoms with E-state index in [1.54, 1.807) is 0 Å². The third-order valence-electron chi connectivity index (χ3n) is 4.03. The molecule has 2 N–H and O–H groups in total. The van der Waals surface area contributed by atoms with Crippen LogP contribution in [-0.4, -0.2) is 11.2 Å².